The zero-order chi connectivity index (χ0) is 5.70. The van der Waals surface area contributed by atoms with Crippen LogP contribution in [0.15, 0.2) is 10.2 Å². The van der Waals surface area contributed by atoms with Crippen molar-refractivity contribution in [3.63, 3.8) is 0 Å². The van der Waals surface area contributed by atoms with Crippen LogP contribution in [0.4, 0.5) is 0 Å². The molecule has 0 atom stereocenters. The third-order valence-electron chi connectivity index (χ3n) is 0.357. The molecule has 0 radical (unpaired) electrons. The van der Waals surface area contributed by atoms with Crippen LogP contribution in [-0.4, -0.2) is 5.96 Å². The number of hydrazine groups is 1. The van der Waals surface area contributed by atoms with Gasteiger partial charge in [0.2, 0.25) is 0 Å². The molecule has 6 heteroatoms. The molecule has 7 heavy (non-hydrogen) atoms. The maximum atomic E-state index is 6.23. The van der Waals surface area contributed by atoms with Gasteiger partial charge in [0.1, 0.15) is 0 Å². The monoisotopic (exact) mass is 102 g/mol. The van der Waals surface area contributed by atoms with Gasteiger partial charge in [-0.2, -0.15) is 0 Å². The van der Waals surface area contributed by atoms with Crippen molar-refractivity contribution in [3.05, 3.63) is 0 Å². The van der Waals surface area contributed by atoms with E-state index in [2.05, 4.69) is 16.1 Å². The molecule has 0 unspecified atom stereocenters. The van der Waals surface area contributed by atoms with Gasteiger partial charge in [-0.05, 0) is 0 Å². The summed E-state index contributed by atoms with van der Waals surface area (Å²) in [6.45, 7) is 0. The second-order valence-corrected chi connectivity index (χ2v) is 0.709. The highest BCUT2D eigenvalue weighted by Gasteiger charge is 1.82. The normalized spacial score (nSPS) is 10.7. The van der Waals surface area contributed by atoms with Crippen LogP contribution in [0.5, 0.6) is 0 Å². The number of nitrogens with one attached hydrogen (secondary N) is 2. The maximum Gasteiger partial charge on any atom is 0.272 e. The van der Waals surface area contributed by atoms with E-state index in [1.165, 1.54) is 0 Å². The zero-order valence-electron chi connectivity index (χ0n) is 3.55. The van der Waals surface area contributed by atoms with Crippen molar-refractivity contribution in [2.45, 2.75) is 0 Å². The fraction of sp³-hybridized carbons (Fsp3) is 0. The molecule has 0 saturated carbocycles. The molecule has 0 aliphatic heterocycles. The van der Waals surface area contributed by atoms with Gasteiger partial charge >= 0.3 is 0 Å². The van der Waals surface area contributed by atoms with Gasteiger partial charge < -0.3 is 5.84 Å². The lowest BCUT2D eigenvalue weighted by Gasteiger charge is -1.88. The van der Waals surface area contributed by atoms with Crippen molar-refractivity contribution in [2.24, 2.45) is 21.9 Å². The molecule has 0 aliphatic carbocycles. The van der Waals surface area contributed by atoms with Crippen LogP contribution in [0.2, 0.25) is 0 Å². The zero-order valence-corrected chi connectivity index (χ0v) is 3.55. The summed E-state index contributed by atoms with van der Waals surface area (Å²) in [5.74, 6) is 9.25. The Kier molecular flexibility index (Phi) is 2.53. The van der Waals surface area contributed by atoms with Crippen molar-refractivity contribution in [2.75, 3.05) is 0 Å². The summed E-state index contributed by atoms with van der Waals surface area (Å²) >= 11 is 0. The number of nitrogens with two attached hydrogens (primary N) is 2. The molecule has 6 nitrogen and oxygen atoms in total. The Morgan fingerprint density at radius 1 is 1.71 bits per heavy atom. The Morgan fingerprint density at radius 3 is 2.29 bits per heavy atom. The first-order chi connectivity index (χ1) is 3.35. The minimum atomic E-state index is -0.0972. The number of hydrazone groups is 1. The smallest absolute Gasteiger partial charge is 0.272 e. The van der Waals surface area contributed by atoms with Crippen LogP contribution >= 0.6 is 0 Å². The van der Waals surface area contributed by atoms with Gasteiger partial charge in [0.15, 0.2) is 0 Å². The van der Waals surface area contributed by atoms with Gasteiger partial charge in [-0.3, -0.25) is 5.43 Å². The van der Waals surface area contributed by atoms with E-state index >= 15 is 0 Å². The first-order valence-electron chi connectivity index (χ1n) is 1.47. The van der Waals surface area contributed by atoms with Gasteiger partial charge in [0, 0.05) is 0 Å². The molecule has 0 heterocycles. The minimum absolute atomic E-state index is 0.0972. The molecule has 0 aliphatic rings. The Morgan fingerprint density at radius 2 is 2.29 bits per heavy atom. The van der Waals surface area contributed by atoms with Gasteiger partial charge in [-0.1, -0.05) is 0 Å². The van der Waals surface area contributed by atoms with E-state index in [-0.39, 0.29) is 5.96 Å². The minimum Gasteiger partial charge on any atom is -0.320 e. The molecule has 40 valence electrons. The van der Waals surface area contributed by atoms with E-state index in [1.54, 1.807) is 0 Å². The van der Waals surface area contributed by atoms with Crippen LogP contribution in [0.1, 0.15) is 0 Å². The topological polar surface area (TPSA) is 113 Å². The molecular weight excluding hydrogens is 96.1 g/mol. The lowest BCUT2D eigenvalue weighted by Crippen LogP contribution is -2.29. The van der Waals surface area contributed by atoms with Crippen molar-refractivity contribution in [1.29, 1.82) is 5.53 Å². The molecule has 0 aromatic rings. The van der Waals surface area contributed by atoms with Gasteiger partial charge in [0.25, 0.3) is 5.96 Å². The van der Waals surface area contributed by atoms with Gasteiger partial charge in [0.05, 0.1) is 0 Å². The molecule has 0 fully saturated rings. The second-order valence-electron chi connectivity index (χ2n) is 0.709. The first kappa shape index (κ1) is 5.83. The second kappa shape index (κ2) is 3.04. The molecule has 0 aromatic carbocycles. The summed E-state index contributed by atoms with van der Waals surface area (Å²) in [6, 6.07) is 0. The maximum absolute atomic E-state index is 6.23. The highest BCUT2D eigenvalue weighted by Crippen LogP contribution is 1.62. The third kappa shape index (κ3) is 1.66. The Hall–Kier alpha value is -1.17. The molecular formula is CH6N6. The van der Waals surface area contributed by atoms with Gasteiger partial charge in [-0.25, -0.2) is 11.4 Å². The Labute approximate surface area is 40.0 Å². The average molecular weight is 102 g/mol. The van der Waals surface area contributed by atoms with Crippen molar-refractivity contribution in [3.8, 4) is 0 Å². The lowest BCUT2D eigenvalue weighted by atomic mass is 11.1. The SMILES string of the molecule is N=N/C(=N\N)NN. The lowest BCUT2D eigenvalue weighted by molar-refractivity contribution is 0.952. The average Bonchev–Trinajstić information content (AvgIpc) is 1.72. The third-order valence-corrected chi connectivity index (χ3v) is 0.357. The van der Waals surface area contributed by atoms with E-state index in [0.29, 0.717) is 0 Å². The van der Waals surface area contributed by atoms with Crippen molar-refractivity contribution >= 4 is 5.96 Å². The number of nitrogens with zero attached hydrogens (tertiary/aromatic N) is 2. The fourth-order valence-electron chi connectivity index (χ4n) is 0.0984. The van der Waals surface area contributed by atoms with E-state index in [0.717, 1.165) is 0 Å². The number of hydrogen-bond acceptors (Lipinski definition) is 4. The fourth-order valence-corrected chi connectivity index (χ4v) is 0.0984. The summed E-state index contributed by atoms with van der Waals surface area (Å²) < 4.78 is 0. The van der Waals surface area contributed by atoms with Crippen molar-refractivity contribution in [1.82, 2.24) is 5.43 Å². The molecule has 0 saturated heterocycles. The number of hydrogen-bond donors (Lipinski definition) is 4. The van der Waals surface area contributed by atoms with Crippen LogP contribution in [0.3, 0.4) is 0 Å². The summed E-state index contributed by atoms with van der Waals surface area (Å²) in [7, 11) is 0. The highest BCUT2D eigenvalue weighted by atomic mass is 15.4. The predicted octanol–water partition coefficient (Wildman–Crippen LogP) is -1.29. The number of rotatable bonds is 0. The molecule has 0 rings (SSSR count). The highest BCUT2D eigenvalue weighted by molar-refractivity contribution is 5.78. The summed E-state index contributed by atoms with van der Waals surface area (Å²) in [6.07, 6.45) is 0. The Bertz CT molecular complexity index is 82.2. The quantitative estimate of drug-likeness (QED) is 0.100. The summed E-state index contributed by atoms with van der Waals surface area (Å²) in [4.78, 5) is 0. The number of guanidine groups is 1. The molecule has 0 bridgehead atoms. The Balaban J connectivity index is 3.60. The molecule has 0 spiro atoms. The molecule has 6 N–H and O–H groups in total. The molecule has 0 aromatic heterocycles. The predicted molar refractivity (Wildman–Crippen MR) is 24.1 cm³/mol. The van der Waals surface area contributed by atoms with E-state index in [4.69, 9.17) is 11.4 Å². The largest absolute Gasteiger partial charge is 0.320 e. The summed E-state index contributed by atoms with van der Waals surface area (Å²) in [5, 5.41) is 5.72. The van der Waals surface area contributed by atoms with Crippen LogP contribution in [0.25, 0.3) is 0 Å². The van der Waals surface area contributed by atoms with Gasteiger partial charge in [-0.15, -0.1) is 10.2 Å². The van der Waals surface area contributed by atoms with E-state index in [1.807, 2.05) is 5.43 Å². The van der Waals surface area contributed by atoms with Crippen molar-refractivity contribution < 1.29 is 0 Å². The first-order valence-corrected chi connectivity index (χ1v) is 1.47. The van der Waals surface area contributed by atoms with Crippen LogP contribution < -0.4 is 17.1 Å². The molecule has 0 amide bonds. The standard InChI is InChI=1S/CH6N6/c2-5-1(6-3)7-4/h2H,3-4H2,(H,6,7). The van der Waals surface area contributed by atoms with Crippen LogP contribution in [0, 0.1) is 5.53 Å². The van der Waals surface area contributed by atoms with Crippen LogP contribution in [-0.2, 0) is 0 Å². The summed E-state index contributed by atoms with van der Waals surface area (Å²) in [5.41, 5.74) is 8.20. The van der Waals surface area contributed by atoms with E-state index in [9.17, 15) is 0 Å². The van der Waals surface area contributed by atoms with E-state index < -0.39 is 0 Å².